The summed E-state index contributed by atoms with van der Waals surface area (Å²) in [6.45, 7) is 2.43. The Kier molecular flexibility index (Phi) is 12.1. The molecule has 0 unspecified atom stereocenters. The van der Waals surface area contributed by atoms with Crippen LogP contribution in [-0.4, -0.2) is 48.8 Å². The molecule has 7 heteroatoms. The second-order valence-electron chi connectivity index (χ2n) is 7.95. The van der Waals surface area contributed by atoms with Crippen LogP contribution in [0.4, 0.5) is 0 Å². The molecule has 2 rings (SSSR count). The van der Waals surface area contributed by atoms with Crippen molar-refractivity contribution < 1.29 is 19.1 Å². The molecule has 0 saturated carbocycles. The number of rotatable bonds is 15. The second-order valence-corrected chi connectivity index (χ2v) is 8.82. The maximum atomic E-state index is 12.4. The van der Waals surface area contributed by atoms with Crippen LogP contribution in [0.2, 0.25) is 0 Å². The maximum absolute atomic E-state index is 12.4. The Morgan fingerprint density at radius 1 is 0.970 bits per heavy atom. The predicted molar refractivity (Wildman–Crippen MR) is 134 cm³/mol. The minimum Gasteiger partial charge on any atom is -0.484 e. The summed E-state index contributed by atoms with van der Waals surface area (Å²) in [7, 11) is 0. The minimum atomic E-state index is -0.469. The number of nitrogens with one attached hydrogen (secondary N) is 2. The molecule has 33 heavy (non-hydrogen) atoms. The zero-order valence-electron chi connectivity index (χ0n) is 19.5. The van der Waals surface area contributed by atoms with Gasteiger partial charge in [-0.15, -0.1) is 0 Å². The first-order chi connectivity index (χ1) is 16.0. The van der Waals surface area contributed by atoms with Crippen molar-refractivity contribution >= 4 is 29.4 Å². The van der Waals surface area contributed by atoms with Crippen LogP contribution < -0.4 is 15.4 Å². The molecule has 0 fully saturated rings. The lowest BCUT2D eigenvalue weighted by Crippen LogP contribution is -2.42. The number of ether oxygens (including phenoxy) is 1. The highest BCUT2D eigenvalue weighted by atomic mass is 32.2. The number of benzene rings is 2. The molecule has 0 aliphatic heterocycles. The van der Waals surface area contributed by atoms with Crippen molar-refractivity contribution in [1.29, 1.82) is 0 Å². The number of amides is 2. The van der Waals surface area contributed by atoms with E-state index in [4.69, 9.17) is 4.74 Å². The topological polar surface area (TPSA) is 84.5 Å². The molecule has 1 atom stereocenters. The summed E-state index contributed by atoms with van der Waals surface area (Å²) in [6.07, 6.45) is 4.84. The lowest BCUT2D eigenvalue weighted by molar-refractivity contribution is -0.126. The van der Waals surface area contributed by atoms with E-state index in [2.05, 4.69) is 10.6 Å². The van der Waals surface area contributed by atoms with Gasteiger partial charge in [0.05, 0.1) is 11.8 Å². The summed E-state index contributed by atoms with van der Waals surface area (Å²) in [4.78, 5) is 36.7. The van der Waals surface area contributed by atoms with E-state index in [1.807, 2.05) is 67.8 Å². The van der Waals surface area contributed by atoms with E-state index in [0.29, 0.717) is 43.7 Å². The molecular formula is C26H34N2O4S. The highest BCUT2D eigenvalue weighted by molar-refractivity contribution is 7.99. The third-order valence-electron chi connectivity index (χ3n) is 5.12. The van der Waals surface area contributed by atoms with E-state index in [1.165, 1.54) is 11.8 Å². The molecule has 0 heterocycles. The number of unbranched alkanes of at least 4 members (excludes halogenated alkanes) is 1. The molecule has 0 bridgehead atoms. The van der Waals surface area contributed by atoms with Crippen molar-refractivity contribution in [2.24, 2.45) is 0 Å². The van der Waals surface area contributed by atoms with E-state index in [1.54, 1.807) is 0 Å². The Bertz CT molecular complexity index is 872. The van der Waals surface area contributed by atoms with E-state index in [-0.39, 0.29) is 24.2 Å². The van der Waals surface area contributed by atoms with Crippen LogP contribution in [0.1, 0.15) is 36.8 Å². The van der Waals surface area contributed by atoms with Crippen LogP contribution in [0.25, 0.3) is 0 Å². The van der Waals surface area contributed by atoms with Crippen molar-refractivity contribution in [2.75, 3.05) is 25.2 Å². The monoisotopic (exact) mass is 470 g/mol. The van der Waals surface area contributed by atoms with Crippen LogP contribution in [0.3, 0.4) is 0 Å². The van der Waals surface area contributed by atoms with Crippen LogP contribution in [0.5, 0.6) is 5.75 Å². The number of thioether (sulfide) groups is 1. The first-order valence-corrected chi connectivity index (χ1v) is 12.7. The summed E-state index contributed by atoms with van der Waals surface area (Å²) in [5.41, 5.74) is 2.28. The van der Waals surface area contributed by atoms with Gasteiger partial charge in [0.25, 0.3) is 5.91 Å². The molecule has 2 amide bonds. The van der Waals surface area contributed by atoms with Gasteiger partial charge in [-0.1, -0.05) is 48.0 Å². The van der Waals surface area contributed by atoms with Crippen LogP contribution >= 0.6 is 11.8 Å². The fourth-order valence-corrected chi connectivity index (χ4v) is 3.74. The summed E-state index contributed by atoms with van der Waals surface area (Å²) in [5.74, 6) is 0.772. The number of hydrogen-bond donors (Lipinski definition) is 2. The highest BCUT2D eigenvalue weighted by Crippen LogP contribution is 2.11. The zero-order chi connectivity index (χ0) is 23.9. The number of Topliss-reactive ketones (excluding diaryl/α,β-unsaturated/α-hetero) is 1. The Hall–Kier alpha value is -2.80. The normalized spacial score (nSPS) is 11.5. The molecular weight excluding hydrogens is 436 g/mol. The van der Waals surface area contributed by atoms with Gasteiger partial charge in [0.2, 0.25) is 5.91 Å². The molecule has 6 nitrogen and oxygen atoms in total. The van der Waals surface area contributed by atoms with Gasteiger partial charge in [0.15, 0.2) is 12.4 Å². The molecule has 2 aromatic rings. The molecule has 178 valence electrons. The quantitative estimate of drug-likeness (QED) is 0.388. The number of hydrogen-bond acceptors (Lipinski definition) is 5. The number of ketones is 1. The fraction of sp³-hybridized carbons (Fsp3) is 0.423. The Morgan fingerprint density at radius 3 is 2.39 bits per heavy atom. The second kappa shape index (κ2) is 15.1. The van der Waals surface area contributed by atoms with Gasteiger partial charge in [0, 0.05) is 13.0 Å². The van der Waals surface area contributed by atoms with Crippen molar-refractivity contribution in [3.63, 3.8) is 0 Å². The Morgan fingerprint density at radius 2 is 1.70 bits per heavy atom. The minimum absolute atomic E-state index is 0.0375. The summed E-state index contributed by atoms with van der Waals surface area (Å²) < 4.78 is 5.45. The van der Waals surface area contributed by atoms with Gasteiger partial charge >= 0.3 is 0 Å². The van der Waals surface area contributed by atoms with Gasteiger partial charge in [-0.3, -0.25) is 14.4 Å². The van der Waals surface area contributed by atoms with Crippen molar-refractivity contribution in [3.8, 4) is 5.75 Å². The van der Waals surface area contributed by atoms with Gasteiger partial charge < -0.3 is 15.4 Å². The predicted octanol–water partition coefficient (Wildman–Crippen LogP) is 3.71. The summed E-state index contributed by atoms with van der Waals surface area (Å²) in [6, 6.07) is 17.0. The van der Waals surface area contributed by atoms with Crippen LogP contribution in [0, 0.1) is 6.92 Å². The zero-order valence-corrected chi connectivity index (χ0v) is 20.3. The van der Waals surface area contributed by atoms with Gasteiger partial charge in [-0.2, -0.15) is 11.8 Å². The highest BCUT2D eigenvalue weighted by Gasteiger charge is 2.20. The molecule has 0 aliphatic carbocycles. The van der Waals surface area contributed by atoms with E-state index >= 15 is 0 Å². The van der Waals surface area contributed by atoms with Crippen LogP contribution in [-0.2, 0) is 20.8 Å². The van der Waals surface area contributed by atoms with E-state index in [0.717, 1.165) is 17.5 Å². The van der Waals surface area contributed by atoms with Crippen LogP contribution in [0.15, 0.2) is 54.6 Å². The lowest BCUT2D eigenvalue weighted by atomic mass is 10.0. The van der Waals surface area contributed by atoms with E-state index in [9.17, 15) is 14.4 Å². The lowest BCUT2D eigenvalue weighted by Gasteiger charge is -2.17. The third-order valence-corrected chi connectivity index (χ3v) is 5.69. The molecule has 0 saturated heterocycles. The number of carbonyl (C=O) groups excluding carboxylic acids is 3. The fourth-order valence-electron chi connectivity index (χ4n) is 3.25. The SMILES string of the molecule is CSCC(=O)[C@H](CCc1ccccc1)NC(=O)CCCCNC(=O)COc1ccc(C)cc1. The molecule has 0 radical (unpaired) electrons. The van der Waals surface area contributed by atoms with Crippen molar-refractivity contribution in [2.45, 2.75) is 45.1 Å². The smallest absolute Gasteiger partial charge is 0.257 e. The standard InChI is InChI=1S/C26H34N2O4S/c1-20-11-14-22(15-12-20)32-18-26(31)27-17-7-6-10-25(30)28-23(24(29)19-33-2)16-13-21-8-4-3-5-9-21/h3-5,8-9,11-12,14-15,23H,6-7,10,13,16-19H2,1-2H3,(H,27,31)(H,28,30)/t23-/m0/s1. The summed E-state index contributed by atoms with van der Waals surface area (Å²) in [5, 5.41) is 5.70. The molecule has 0 spiro atoms. The van der Waals surface area contributed by atoms with Crippen molar-refractivity contribution in [1.82, 2.24) is 10.6 Å². The average Bonchev–Trinajstić information content (AvgIpc) is 2.82. The maximum Gasteiger partial charge on any atom is 0.257 e. The van der Waals surface area contributed by atoms with E-state index < -0.39 is 6.04 Å². The molecule has 0 aliphatic rings. The molecule has 2 N–H and O–H groups in total. The van der Waals surface area contributed by atoms with Crippen molar-refractivity contribution in [3.05, 3.63) is 65.7 Å². The number of carbonyl (C=O) groups is 3. The average molecular weight is 471 g/mol. The molecule has 2 aromatic carbocycles. The number of aryl methyl sites for hydroxylation is 2. The largest absolute Gasteiger partial charge is 0.484 e. The third kappa shape index (κ3) is 11.1. The molecule has 0 aromatic heterocycles. The first-order valence-electron chi connectivity index (χ1n) is 11.3. The first kappa shape index (κ1) is 26.5. The Balaban J connectivity index is 1.64. The van der Waals surface area contributed by atoms with Gasteiger partial charge in [-0.05, 0) is 56.6 Å². The van der Waals surface area contributed by atoms with Gasteiger partial charge in [0.1, 0.15) is 5.75 Å². The van der Waals surface area contributed by atoms with Gasteiger partial charge in [-0.25, -0.2) is 0 Å². The Labute approximate surface area is 200 Å². The summed E-state index contributed by atoms with van der Waals surface area (Å²) >= 11 is 1.47.